The number of pyridine rings is 1. The molecule has 0 spiro atoms. The lowest BCUT2D eigenvalue weighted by atomic mass is 10.2. The Morgan fingerprint density at radius 2 is 2.12 bits per heavy atom. The standard InChI is InChI=1S/C12H10BrClN2.ClH/c13-11-4-3-10(6-12(11)14)16-8-9-2-1-5-15-7-9;/h1-7,16H,8H2;1H. The molecule has 0 atom stereocenters. The maximum absolute atomic E-state index is 6.00. The summed E-state index contributed by atoms with van der Waals surface area (Å²) in [7, 11) is 0. The quantitative estimate of drug-likeness (QED) is 0.892. The zero-order chi connectivity index (χ0) is 11.4. The normalized spacial score (nSPS) is 9.53. The molecule has 1 aromatic heterocycles. The highest BCUT2D eigenvalue weighted by Crippen LogP contribution is 2.25. The van der Waals surface area contributed by atoms with Gasteiger partial charge in [0.1, 0.15) is 0 Å². The molecule has 2 rings (SSSR count). The third-order valence-corrected chi connectivity index (χ3v) is 3.37. The third kappa shape index (κ3) is 4.19. The predicted molar refractivity (Wildman–Crippen MR) is 78.0 cm³/mol. The topological polar surface area (TPSA) is 24.9 Å². The van der Waals surface area contributed by atoms with Crippen molar-refractivity contribution < 1.29 is 0 Å². The highest BCUT2D eigenvalue weighted by molar-refractivity contribution is 9.10. The molecule has 1 aromatic carbocycles. The molecule has 0 radical (unpaired) electrons. The Hall–Kier alpha value is -0.770. The van der Waals surface area contributed by atoms with Gasteiger partial charge in [0, 0.05) is 29.1 Å². The van der Waals surface area contributed by atoms with E-state index in [0.717, 1.165) is 22.3 Å². The molecule has 0 aliphatic carbocycles. The van der Waals surface area contributed by atoms with Crippen molar-refractivity contribution in [3.05, 3.63) is 57.8 Å². The van der Waals surface area contributed by atoms with Gasteiger partial charge in [0.15, 0.2) is 0 Å². The van der Waals surface area contributed by atoms with Crippen LogP contribution in [0.1, 0.15) is 5.56 Å². The smallest absolute Gasteiger partial charge is 0.0568 e. The Morgan fingerprint density at radius 3 is 2.76 bits per heavy atom. The fourth-order valence-corrected chi connectivity index (χ4v) is 1.74. The molecule has 90 valence electrons. The number of benzene rings is 1. The minimum Gasteiger partial charge on any atom is -0.381 e. The minimum atomic E-state index is 0. The maximum atomic E-state index is 6.00. The van der Waals surface area contributed by atoms with Gasteiger partial charge in [-0.1, -0.05) is 17.7 Å². The van der Waals surface area contributed by atoms with Gasteiger partial charge in [-0.05, 0) is 45.8 Å². The van der Waals surface area contributed by atoms with Gasteiger partial charge < -0.3 is 5.32 Å². The van der Waals surface area contributed by atoms with Crippen LogP contribution in [0.5, 0.6) is 0 Å². The molecular weight excluding hydrogens is 323 g/mol. The van der Waals surface area contributed by atoms with E-state index in [1.165, 1.54) is 0 Å². The second-order valence-electron chi connectivity index (χ2n) is 3.34. The van der Waals surface area contributed by atoms with E-state index in [4.69, 9.17) is 11.6 Å². The van der Waals surface area contributed by atoms with Crippen molar-refractivity contribution in [3.8, 4) is 0 Å². The van der Waals surface area contributed by atoms with Gasteiger partial charge in [-0.3, -0.25) is 4.98 Å². The van der Waals surface area contributed by atoms with Crippen molar-refractivity contribution >= 4 is 45.6 Å². The molecule has 0 aliphatic rings. The van der Waals surface area contributed by atoms with E-state index in [9.17, 15) is 0 Å². The Labute approximate surface area is 120 Å². The lowest BCUT2D eigenvalue weighted by molar-refractivity contribution is 1.11. The molecule has 5 heteroatoms. The number of rotatable bonds is 3. The van der Waals surface area contributed by atoms with Crippen molar-refractivity contribution in [1.82, 2.24) is 4.98 Å². The SMILES string of the molecule is Cl.Clc1cc(NCc2cccnc2)ccc1Br. The first kappa shape index (κ1) is 14.3. The van der Waals surface area contributed by atoms with Gasteiger partial charge in [0.25, 0.3) is 0 Å². The van der Waals surface area contributed by atoms with Crippen LogP contribution in [0.3, 0.4) is 0 Å². The Kier molecular flexibility index (Phi) is 5.75. The van der Waals surface area contributed by atoms with E-state index in [2.05, 4.69) is 26.2 Å². The zero-order valence-corrected chi connectivity index (χ0v) is 12.0. The molecule has 0 saturated carbocycles. The molecule has 0 bridgehead atoms. The summed E-state index contributed by atoms with van der Waals surface area (Å²) >= 11 is 9.35. The molecule has 1 N–H and O–H groups in total. The van der Waals surface area contributed by atoms with Gasteiger partial charge >= 0.3 is 0 Å². The van der Waals surface area contributed by atoms with E-state index in [-0.39, 0.29) is 12.4 Å². The summed E-state index contributed by atoms with van der Waals surface area (Å²) in [4.78, 5) is 4.06. The molecule has 0 fully saturated rings. The lowest BCUT2D eigenvalue weighted by Gasteiger charge is -2.07. The number of halogens is 3. The summed E-state index contributed by atoms with van der Waals surface area (Å²) in [5.41, 5.74) is 2.14. The molecule has 0 unspecified atom stereocenters. The molecule has 2 aromatic rings. The van der Waals surface area contributed by atoms with E-state index in [1.807, 2.05) is 36.5 Å². The van der Waals surface area contributed by atoms with Gasteiger partial charge in [-0.25, -0.2) is 0 Å². The van der Waals surface area contributed by atoms with E-state index in [1.54, 1.807) is 6.20 Å². The average Bonchev–Trinajstić information content (AvgIpc) is 2.32. The third-order valence-electron chi connectivity index (χ3n) is 2.14. The van der Waals surface area contributed by atoms with Crippen LogP contribution in [0.4, 0.5) is 5.69 Å². The van der Waals surface area contributed by atoms with Crippen molar-refractivity contribution in [2.75, 3.05) is 5.32 Å². The Balaban J connectivity index is 0.00000144. The first-order chi connectivity index (χ1) is 7.75. The molecule has 17 heavy (non-hydrogen) atoms. The Bertz CT molecular complexity index is 477. The highest BCUT2D eigenvalue weighted by Gasteiger charge is 1.98. The van der Waals surface area contributed by atoms with Crippen LogP contribution in [0.15, 0.2) is 47.2 Å². The fraction of sp³-hybridized carbons (Fsp3) is 0.0833. The fourth-order valence-electron chi connectivity index (χ4n) is 1.31. The second-order valence-corrected chi connectivity index (χ2v) is 4.61. The van der Waals surface area contributed by atoms with Crippen LogP contribution in [0.2, 0.25) is 5.02 Å². The zero-order valence-electron chi connectivity index (χ0n) is 8.86. The van der Waals surface area contributed by atoms with Crippen molar-refractivity contribution in [3.63, 3.8) is 0 Å². The molecular formula is C12H11BrCl2N2. The van der Waals surface area contributed by atoms with Gasteiger partial charge in [-0.15, -0.1) is 12.4 Å². The number of hydrogen-bond donors (Lipinski definition) is 1. The molecule has 2 nitrogen and oxygen atoms in total. The van der Waals surface area contributed by atoms with Gasteiger partial charge in [0.2, 0.25) is 0 Å². The van der Waals surface area contributed by atoms with Crippen LogP contribution < -0.4 is 5.32 Å². The van der Waals surface area contributed by atoms with Crippen molar-refractivity contribution in [2.24, 2.45) is 0 Å². The number of nitrogens with zero attached hydrogens (tertiary/aromatic N) is 1. The van der Waals surface area contributed by atoms with Crippen LogP contribution in [0.25, 0.3) is 0 Å². The summed E-state index contributed by atoms with van der Waals surface area (Å²) in [5.74, 6) is 0. The van der Waals surface area contributed by atoms with Crippen LogP contribution in [0, 0.1) is 0 Å². The lowest BCUT2D eigenvalue weighted by Crippen LogP contribution is -1.99. The highest BCUT2D eigenvalue weighted by atomic mass is 79.9. The van der Waals surface area contributed by atoms with E-state index in [0.29, 0.717) is 5.02 Å². The second kappa shape index (κ2) is 6.84. The van der Waals surface area contributed by atoms with Crippen molar-refractivity contribution in [2.45, 2.75) is 6.54 Å². The number of nitrogens with one attached hydrogen (secondary N) is 1. The maximum Gasteiger partial charge on any atom is 0.0568 e. The van der Waals surface area contributed by atoms with E-state index < -0.39 is 0 Å². The first-order valence-electron chi connectivity index (χ1n) is 4.83. The van der Waals surface area contributed by atoms with Gasteiger partial charge in [-0.2, -0.15) is 0 Å². The summed E-state index contributed by atoms with van der Waals surface area (Å²) < 4.78 is 0.904. The monoisotopic (exact) mass is 332 g/mol. The average molecular weight is 334 g/mol. The van der Waals surface area contributed by atoms with Crippen LogP contribution >= 0.6 is 39.9 Å². The van der Waals surface area contributed by atoms with Crippen molar-refractivity contribution in [1.29, 1.82) is 0 Å². The molecule has 0 aliphatic heterocycles. The minimum absolute atomic E-state index is 0. The molecule has 0 saturated heterocycles. The molecule has 1 heterocycles. The summed E-state index contributed by atoms with van der Waals surface area (Å²) in [6, 6.07) is 9.74. The summed E-state index contributed by atoms with van der Waals surface area (Å²) in [6.45, 7) is 0.742. The van der Waals surface area contributed by atoms with Crippen LogP contribution in [-0.2, 0) is 6.54 Å². The van der Waals surface area contributed by atoms with Gasteiger partial charge in [0.05, 0.1) is 5.02 Å². The summed E-state index contributed by atoms with van der Waals surface area (Å²) in [5, 5.41) is 3.99. The Morgan fingerprint density at radius 1 is 1.29 bits per heavy atom. The summed E-state index contributed by atoms with van der Waals surface area (Å²) in [6.07, 6.45) is 3.60. The number of anilines is 1. The first-order valence-corrected chi connectivity index (χ1v) is 6.00. The predicted octanol–water partition coefficient (Wildman–Crippen LogP) is 4.53. The van der Waals surface area contributed by atoms with E-state index >= 15 is 0 Å². The molecule has 0 amide bonds. The largest absolute Gasteiger partial charge is 0.381 e. The van der Waals surface area contributed by atoms with Crippen LogP contribution in [-0.4, -0.2) is 4.98 Å². The number of aromatic nitrogens is 1. The number of hydrogen-bond acceptors (Lipinski definition) is 2.